The van der Waals surface area contributed by atoms with E-state index in [4.69, 9.17) is 0 Å². The lowest BCUT2D eigenvalue weighted by Gasteiger charge is -2.15. The van der Waals surface area contributed by atoms with Crippen molar-refractivity contribution in [2.24, 2.45) is 7.05 Å². The van der Waals surface area contributed by atoms with Crippen LogP contribution in [0, 0.1) is 0 Å². The molecule has 0 aromatic carbocycles. The summed E-state index contributed by atoms with van der Waals surface area (Å²) in [7, 11) is 1.71. The Balaban J connectivity index is 2.02. The summed E-state index contributed by atoms with van der Waals surface area (Å²) in [5.74, 6) is 0.489. The lowest BCUT2D eigenvalue weighted by atomic mass is 10.4. The van der Waals surface area contributed by atoms with Crippen molar-refractivity contribution in [1.29, 1.82) is 0 Å². The van der Waals surface area contributed by atoms with Crippen LogP contribution >= 0.6 is 0 Å². The van der Waals surface area contributed by atoms with E-state index in [9.17, 15) is 14.0 Å². The summed E-state index contributed by atoms with van der Waals surface area (Å²) in [6.45, 7) is -2.02. The molecule has 2 N–H and O–H groups in total. The van der Waals surface area contributed by atoms with E-state index >= 15 is 0 Å². The van der Waals surface area contributed by atoms with Gasteiger partial charge in [-0.15, -0.1) is 5.10 Å². The van der Waals surface area contributed by atoms with Gasteiger partial charge in [-0.2, -0.15) is 18.5 Å². The molecule has 0 radical (unpaired) electrons. The van der Waals surface area contributed by atoms with Gasteiger partial charge in [0.2, 0.25) is 5.82 Å². The largest absolute Gasteiger partial charge is 0.334 e. The van der Waals surface area contributed by atoms with E-state index in [1.807, 2.05) is 0 Å². The molecule has 0 fully saturated rings. The molecule has 0 saturated heterocycles. The van der Waals surface area contributed by atoms with Crippen LogP contribution in [0.5, 0.6) is 0 Å². The van der Waals surface area contributed by atoms with Gasteiger partial charge in [0.15, 0.2) is 5.82 Å². The summed E-state index contributed by atoms with van der Waals surface area (Å²) in [6.07, 6.45) is 0. The molecule has 0 unspecified atom stereocenters. The molecule has 3 rings (SSSR count). The van der Waals surface area contributed by atoms with E-state index in [1.165, 1.54) is 0 Å². The van der Waals surface area contributed by atoms with E-state index in [0.29, 0.717) is 29.3 Å². The summed E-state index contributed by atoms with van der Waals surface area (Å²) in [5, 5.41) is 16.3. The van der Waals surface area contributed by atoms with Crippen molar-refractivity contribution in [2.75, 3.05) is 0 Å². The zero-order valence-corrected chi connectivity index (χ0v) is 8.93. The highest BCUT2D eigenvalue weighted by molar-refractivity contribution is 5.47. The smallest absolute Gasteiger partial charge is 0.327 e. The number of halogens is 2. The minimum atomic E-state index is -2.66. The van der Waals surface area contributed by atoms with Gasteiger partial charge in [-0.3, -0.25) is 0 Å². The molecular formula is C8H10F2N6O. The lowest BCUT2D eigenvalue weighted by molar-refractivity contribution is -0.0984. The Morgan fingerprint density at radius 3 is 2.65 bits per heavy atom. The molecule has 0 saturated carbocycles. The van der Waals surface area contributed by atoms with Crippen LogP contribution in [0.4, 0.5) is 8.78 Å². The van der Waals surface area contributed by atoms with Gasteiger partial charge in [-0.1, -0.05) is 0 Å². The van der Waals surface area contributed by atoms with Crippen LogP contribution in [0.25, 0.3) is 11.6 Å². The van der Waals surface area contributed by atoms with Crippen LogP contribution in [-0.2, 0) is 20.1 Å². The highest BCUT2D eigenvalue weighted by Crippen LogP contribution is 2.27. The van der Waals surface area contributed by atoms with Crippen molar-refractivity contribution in [2.45, 2.75) is 19.6 Å². The molecule has 0 spiro atoms. The zero-order valence-electron chi connectivity index (χ0n) is 8.93. The van der Waals surface area contributed by atoms with E-state index in [0.717, 1.165) is 10.8 Å². The Kier molecular flexibility index (Phi) is 2.07. The molecule has 1 aliphatic heterocycles. The maximum atomic E-state index is 12.5. The van der Waals surface area contributed by atoms with Gasteiger partial charge in [0, 0.05) is 7.05 Å². The first-order chi connectivity index (χ1) is 8.08. The standard InChI is InChI=1S/C8H10F2N6O/c1-14-5-3-15(17)2-4(5)11-6(14)7-12-13-16(7)8(9)10/h8,13,17H,2-3H2,1H3. The van der Waals surface area contributed by atoms with E-state index < -0.39 is 6.55 Å². The average Bonchev–Trinajstić information content (AvgIpc) is 2.65. The van der Waals surface area contributed by atoms with Crippen molar-refractivity contribution in [3.63, 3.8) is 0 Å². The fraction of sp³-hybridized carbons (Fsp3) is 0.500. The second-order valence-corrected chi connectivity index (χ2v) is 3.89. The lowest BCUT2D eigenvalue weighted by Crippen LogP contribution is -2.20. The number of H-pyrrole nitrogens is 1. The van der Waals surface area contributed by atoms with Crippen molar-refractivity contribution in [3.8, 4) is 11.6 Å². The van der Waals surface area contributed by atoms with Crippen LogP contribution in [0.15, 0.2) is 0 Å². The predicted molar refractivity (Wildman–Crippen MR) is 51.1 cm³/mol. The number of nitrogens with one attached hydrogen (secondary N) is 1. The van der Waals surface area contributed by atoms with E-state index in [2.05, 4.69) is 15.3 Å². The molecule has 7 nitrogen and oxygen atoms in total. The van der Waals surface area contributed by atoms with Crippen LogP contribution in [0.3, 0.4) is 0 Å². The topological polar surface area (TPSA) is 74.9 Å². The Morgan fingerprint density at radius 2 is 2.12 bits per heavy atom. The van der Waals surface area contributed by atoms with Crippen molar-refractivity contribution in [1.82, 2.24) is 29.6 Å². The maximum Gasteiger partial charge on any atom is 0.334 e. The monoisotopic (exact) mass is 244 g/mol. The Bertz CT molecular complexity index is 556. The number of nitrogens with zero attached hydrogens (tertiary/aromatic N) is 5. The van der Waals surface area contributed by atoms with Gasteiger partial charge in [0.1, 0.15) is 0 Å². The SMILES string of the molecule is Cn1c(-c2n[nH]n2C(F)F)nc2c1CN(O)C2. The number of imidazole rings is 1. The summed E-state index contributed by atoms with van der Waals surface area (Å²) in [4.78, 5) is 4.21. The molecule has 17 heavy (non-hydrogen) atoms. The normalized spacial score (nSPS) is 16.1. The number of hydroxylamine groups is 2. The molecule has 9 heteroatoms. The predicted octanol–water partition coefficient (Wildman–Crippen LogP) is 0.712. The fourth-order valence-electron chi connectivity index (χ4n) is 1.97. The van der Waals surface area contributed by atoms with Gasteiger partial charge in [0.25, 0.3) is 0 Å². The van der Waals surface area contributed by atoms with Crippen molar-refractivity contribution >= 4 is 0 Å². The number of fused-ring (bicyclic) bond motifs is 1. The Labute approximate surface area is 94.2 Å². The highest BCUT2D eigenvalue weighted by Gasteiger charge is 2.28. The Morgan fingerprint density at radius 1 is 1.35 bits per heavy atom. The number of alkyl halides is 2. The van der Waals surface area contributed by atoms with Gasteiger partial charge in [-0.05, 0) is 0 Å². The van der Waals surface area contributed by atoms with Crippen molar-refractivity contribution < 1.29 is 14.0 Å². The molecule has 0 amide bonds. The van der Waals surface area contributed by atoms with E-state index in [1.54, 1.807) is 11.6 Å². The third-order valence-electron chi connectivity index (χ3n) is 2.85. The first-order valence-corrected chi connectivity index (χ1v) is 4.97. The van der Waals surface area contributed by atoms with Gasteiger partial charge in [0.05, 0.1) is 24.5 Å². The molecule has 2 aromatic rings. The summed E-state index contributed by atoms with van der Waals surface area (Å²) >= 11 is 0. The minimum Gasteiger partial charge on any atom is -0.327 e. The second kappa shape index (κ2) is 3.37. The number of hydrogen-bond acceptors (Lipinski definition) is 4. The molecule has 92 valence electrons. The Hall–Kier alpha value is -1.74. The average molecular weight is 244 g/mol. The number of aromatic amines is 1. The van der Waals surface area contributed by atoms with E-state index in [-0.39, 0.29) is 5.82 Å². The summed E-state index contributed by atoms with van der Waals surface area (Å²) in [6, 6.07) is 0. The quantitative estimate of drug-likeness (QED) is 0.815. The molecule has 3 heterocycles. The molecule has 1 aliphatic rings. The molecule has 0 atom stereocenters. The van der Waals surface area contributed by atoms with Gasteiger partial charge in [-0.25, -0.2) is 10.2 Å². The summed E-state index contributed by atoms with van der Waals surface area (Å²) < 4.78 is 27.3. The van der Waals surface area contributed by atoms with Gasteiger partial charge < -0.3 is 9.77 Å². The maximum absolute atomic E-state index is 12.5. The van der Waals surface area contributed by atoms with Crippen LogP contribution in [0.2, 0.25) is 0 Å². The number of rotatable bonds is 2. The second-order valence-electron chi connectivity index (χ2n) is 3.89. The molecule has 0 aliphatic carbocycles. The number of hydrogen-bond donors (Lipinski definition) is 2. The third-order valence-corrected chi connectivity index (χ3v) is 2.85. The minimum absolute atomic E-state index is 0.112. The number of aromatic nitrogens is 5. The van der Waals surface area contributed by atoms with Crippen molar-refractivity contribution in [3.05, 3.63) is 11.4 Å². The fourth-order valence-corrected chi connectivity index (χ4v) is 1.97. The molecular weight excluding hydrogens is 234 g/mol. The highest BCUT2D eigenvalue weighted by atomic mass is 19.3. The summed E-state index contributed by atoms with van der Waals surface area (Å²) in [5.41, 5.74) is 1.50. The molecule has 0 bridgehead atoms. The zero-order chi connectivity index (χ0) is 12.2. The first kappa shape index (κ1) is 10.4. The van der Waals surface area contributed by atoms with Crippen LogP contribution in [0.1, 0.15) is 17.9 Å². The molecule has 2 aromatic heterocycles. The van der Waals surface area contributed by atoms with Crippen LogP contribution in [-0.4, -0.2) is 34.8 Å². The third kappa shape index (κ3) is 1.39. The van der Waals surface area contributed by atoms with Crippen LogP contribution < -0.4 is 0 Å². The van der Waals surface area contributed by atoms with Gasteiger partial charge >= 0.3 is 6.55 Å². The first-order valence-electron chi connectivity index (χ1n) is 4.97.